The van der Waals surface area contributed by atoms with Crippen molar-refractivity contribution in [1.29, 1.82) is 0 Å². The third-order valence-corrected chi connectivity index (χ3v) is 8.62. The smallest absolute Gasteiger partial charge is 0.328 e. The van der Waals surface area contributed by atoms with Gasteiger partial charge in [-0.25, -0.2) is 9.48 Å². The van der Waals surface area contributed by atoms with E-state index < -0.39 is 18.1 Å². The van der Waals surface area contributed by atoms with E-state index in [1.165, 1.54) is 7.11 Å². The number of amides is 1. The molecule has 1 saturated heterocycles. The monoisotopic (exact) mass is 623 g/mol. The zero-order chi connectivity index (χ0) is 32.6. The number of ether oxygens (including phenoxy) is 1. The minimum Gasteiger partial charge on any atom is -0.467 e. The molecule has 3 aromatic carbocycles. The Morgan fingerprint density at radius 1 is 1.04 bits per heavy atom. The molecule has 0 spiro atoms. The summed E-state index contributed by atoms with van der Waals surface area (Å²) in [5, 5.41) is 22.5. The van der Waals surface area contributed by atoms with Crippen molar-refractivity contribution in [3.8, 4) is 0 Å². The molecule has 1 N–H and O–H groups in total. The normalized spacial score (nSPS) is 19.5. The SMILES string of the molecule is COC(=O)C1CCC(C)C(c2ccc(C)cc2)N1C(=O)c1ccc(C=NOC(C)c2cn(C(CO)Cc3ccccc3)nn2)cc1. The van der Waals surface area contributed by atoms with Gasteiger partial charge in [0.05, 0.1) is 38.2 Å². The second-order valence-electron chi connectivity index (χ2n) is 11.9. The number of carbonyl (C=O) groups excluding carboxylic acids is 2. The molecule has 1 aliphatic rings. The Kier molecular flexibility index (Phi) is 10.6. The van der Waals surface area contributed by atoms with E-state index >= 15 is 0 Å². The molecule has 1 aromatic heterocycles. The molecule has 5 rings (SSSR count). The number of oxime groups is 1. The number of aryl methyl sites for hydroxylation is 1. The summed E-state index contributed by atoms with van der Waals surface area (Å²) in [7, 11) is 1.36. The maximum Gasteiger partial charge on any atom is 0.328 e. The largest absolute Gasteiger partial charge is 0.467 e. The summed E-state index contributed by atoms with van der Waals surface area (Å²) in [6, 6.07) is 23.9. The number of likely N-dealkylation sites (tertiary alicyclic amines) is 1. The zero-order valence-corrected chi connectivity index (χ0v) is 26.7. The Labute approximate surface area is 269 Å². The van der Waals surface area contributed by atoms with Crippen LogP contribution in [0.15, 0.2) is 90.2 Å². The number of benzene rings is 3. The van der Waals surface area contributed by atoms with Crippen LogP contribution in [0.2, 0.25) is 0 Å². The van der Waals surface area contributed by atoms with Crippen molar-refractivity contribution in [3.05, 3.63) is 119 Å². The van der Waals surface area contributed by atoms with Gasteiger partial charge in [0.25, 0.3) is 5.91 Å². The van der Waals surface area contributed by atoms with Crippen molar-refractivity contribution < 1.29 is 24.3 Å². The number of aliphatic hydroxyl groups excluding tert-OH is 1. The number of esters is 1. The highest BCUT2D eigenvalue weighted by Crippen LogP contribution is 2.40. The van der Waals surface area contributed by atoms with Crippen LogP contribution in [0.3, 0.4) is 0 Å². The Hall–Kier alpha value is -4.83. The van der Waals surface area contributed by atoms with Crippen LogP contribution in [0, 0.1) is 12.8 Å². The number of aliphatic hydroxyl groups is 1. The summed E-state index contributed by atoms with van der Waals surface area (Å²) in [5.41, 5.74) is 5.02. The number of carbonyl (C=O) groups is 2. The van der Waals surface area contributed by atoms with Gasteiger partial charge in [-0.15, -0.1) is 5.10 Å². The van der Waals surface area contributed by atoms with Crippen LogP contribution in [0.4, 0.5) is 0 Å². The van der Waals surface area contributed by atoms with Crippen molar-refractivity contribution in [2.45, 2.75) is 64.3 Å². The lowest BCUT2D eigenvalue weighted by molar-refractivity contribution is -0.149. The third-order valence-electron chi connectivity index (χ3n) is 8.62. The highest BCUT2D eigenvalue weighted by atomic mass is 16.6. The number of nitrogens with zero attached hydrogens (tertiary/aromatic N) is 5. The maximum absolute atomic E-state index is 14.0. The molecule has 10 heteroatoms. The van der Waals surface area contributed by atoms with E-state index in [0.717, 1.165) is 28.7 Å². The van der Waals surface area contributed by atoms with Gasteiger partial charge >= 0.3 is 5.97 Å². The molecule has 240 valence electrons. The van der Waals surface area contributed by atoms with E-state index in [4.69, 9.17) is 9.57 Å². The molecule has 1 fully saturated rings. The minimum atomic E-state index is -0.667. The molecule has 1 aliphatic heterocycles. The molecule has 0 saturated carbocycles. The summed E-state index contributed by atoms with van der Waals surface area (Å²) >= 11 is 0. The van der Waals surface area contributed by atoms with Crippen LogP contribution in [-0.4, -0.2) is 62.8 Å². The van der Waals surface area contributed by atoms with Gasteiger partial charge in [0.1, 0.15) is 11.7 Å². The Morgan fingerprint density at radius 3 is 2.43 bits per heavy atom. The van der Waals surface area contributed by atoms with E-state index in [-0.39, 0.29) is 30.5 Å². The third kappa shape index (κ3) is 7.51. The molecule has 0 bridgehead atoms. The van der Waals surface area contributed by atoms with Crippen molar-refractivity contribution in [3.63, 3.8) is 0 Å². The van der Waals surface area contributed by atoms with Gasteiger partial charge in [0.2, 0.25) is 0 Å². The lowest BCUT2D eigenvalue weighted by Crippen LogP contribution is -2.52. The summed E-state index contributed by atoms with van der Waals surface area (Å²) < 4.78 is 6.77. The lowest BCUT2D eigenvalue weighted by Gasteiger charge is -2.44. The Balaban J connectivity index is 1.25. The average molecular weight is 624 g/mol. The summed E-state index contributed by atoms with van der Waals surface area (Å²) in [6.07, 6.45) is 4.83. The van der Waals surface area contributed by atoms with Crippen molar-refractivity contribution >= 4 is 18.1 Å². The van der Waals surface area contributed by atoms with Gasteiger partial charge in [0, 0.05) is 5.56 Å². The summed E-state index contributed by atoms with van der Waals surface area (Å²) in [6.45, 7) is 5.89. The maximum atomic E-state index is 14.0. The molecule has 1 amide bonds. The second-order valence-corrected chi connectivity index (χ2v) is 11.9. The molecule has 4 aromatic rings. The fourth-order valence-electron chi connectivity index (χ4n) is 5.95. The lowest BCUT2D eigenvalue weighted by atomic mass is 9.82. The van der Waals surface area contributed by atoms with Crippen LogP contribution in [0.5, 0.6) is 0 Å². The Bertz CT molecular complexity index is 1620. The first-order valence-electron chi connectivity index (χ1n) is 15.6. The highest BCUT2D eigenvalue weighted by molar-refractivity contribution is 5.98. The standard InChI is InChI=1S/C36H41N5O5/c1-24-10-15-29(16-11-24)34-25(2)12-19-33(36(44)45-4)41(34)35(43)30-17-13-28(14-18-30)21-37-46-26(3)32-22-40(39-38-32)31(23-42)20-27-8-6-5-7-9-27/h5-11,13-18,21-22,25-26,31,33-34,42H,12,19-20,23H2,1-4H3. The van der Waals surface area contributed by atoms with E-state index in [1.54, 1.807) is 46.3 Å². The number of hydrogen-bond donors (Lipinski definition) is 1. The highest BCUT2D eigenvalue weighted by Gasteiger charge is 2.43. The quantitative estimate of drug-likeness (QED) is 0.131. The van der Waals surface area contributed by atoms with Gasteiger partial charge in [-0.3, -0.25) is 4.79 Å². The summed E-state index contributed by atoms with van der Waals surface area (Å²) in [5.74, 6) is -0.467. The fraction of sp³-hybridized carbons (Fsp3) is 0.361. The first-order chi connectivity index (χ1) is 22.3. The average Bonchev–Trinajstić information content (AvgIpc) is 3.58. The van der Waals surface area contributed by atoms with Crippen LogP contribution < -0.4 is 0 Å². The van der Waals surface area contributed by atoms with E-state index in [0.29, 0.717) is 24.1 Å². The number of aromatic nitrogens is 3. The number of rotatable bonds is 11. The molecule has 5 atom stereocenters. The minimum absolute atomic E-state index is 0.0731. The molecule has 46 heavy (non-hydrogen) atoms. The molecule has 0 radical (unpaired) electrons. The van der Waals surface area contributed by atoms with E-state index in [1.807, 2.05) is 68.4 Å². The molecular formula is C36H41N5O5. The molecule has 0 aliphatic carbocycles. The van der Waals surface area contributed by atoms with E-state index in [2.05, 4.69) is 22.4 Å². The van der Waals surface area contributed by atoms with Crippen molar-refractivity contribution in [2.24, 2.45) is 11.1 Å². The predicted molar refractivity (Wildman–Crippen MR) is 174 cm³/mol. The fourth-order valence-corrected chi connectivity index (χ4v) is 5.95. The summed E-state index contributed by atoms with van der Waals surface area (Å²) in [4.78, 5) is 34.2. The number of piperidine rings is 1. The molecular weight excluding hydrogens is 582 g/mol. The van der Waals surface area contributed by atoms with Crippen LogP contribution in [-0.2, 0) is 20.8 Å². The molecule has 5 unspecified atom stereocenters. The molecule has 10 nitrogen and oxygen atoms in total. The number of hydrogen-bond acceptors (Lipinski definition) is 8. The predicted octanol–water partition coefficient (Wildman–Crippen LogP) is 5.63. The van der Waals surface area contributed by atoms with Gasteiger partial charge in [-0.1, -0.05) is 89.6 Å². The first-order valence-corrected chi connectivity index (χ1v) is 15.6. The number of methoxy groups -OCH3 is 1. The van der Waals surface area contributed by atoms with Gasteiger partial charge in [-0.2, -0.15) is 0 Å². The van der Waals surface area contributed by atoms with Crippen LogP contribution in [0.25, 0.3) is 0 Å². The van der Waals surface area contributed by atoms with Gasteiger partial charge in [0.15, 0.2) is 6.10 Å². The molecule has 2 heterocycles. The van der Waals surface area contributed by atoms with Gasteiger partial charge < -0.3 is 19.6 Å². The Morgan fingerprint density at radius 2 is 1.76 bits per heavy atom. The van der Waals surface area contributed by atoms with Crippen molar-refractivity contribution in [2.75, 3.05) is 13.7 Å². The second kappa shape index (κ2) is 15.0. The van der Waals surface area contributed by atoms with E-state index in [9.17, 15) is 14.7 Å². The van der Waals surface area contributed by atoms with Crippen molar-refractivity contribution in [1.82, 2.24) is 19.9 Å². The van der Waals surface area contributed by atoms with Gasteiger partial charge in [-0.05, 0) is 67.9 Å². The van der Waals surface area contributed by atoms with Crippen LogP contribution >= 0.6 is 0 Å². The first kappa shape index (κ1) is 32.6. The van der Waals surface area contributed by atoms with Crippen LogP contribution in [0.1, 0.15) is 83.2 Å². The zero-order valence-electron chi connectivity index (χ0n) is 26.7. The topological polar surface area (TPSA) is 119 Å².